The number of piperidine rings is 2. The number of hydrogen-bond acceptors (Lipinski definition) is 7. The number of aromatic nitrogens is 2. The summed E-state index contributed by atoms with van der Waals surface area (Å²) in [5.41, 5.74) is 2.11. The Hall–Kier alpha value is -3.00. The SMILES string of the molecule is C=CCON=C(CCC(=O)OCC)c1nc2ccccc2n(C2CC3CCC[C@H](C2)N3C2CC3CCC[C@@H](C3)C2)c1=O. The van der Waals surface area contributed by atoms with E-state index in [1.165, 1.54) is 57.8 Å². The quantitative estimate of drug-likeness (QED) is 0.111. The highest BCUT2D eigenvalue weighted by atomic mass is 16.6. The molecule has 8 nitrogen and oxygen atoms in total. The summed E-state index contributed by atoms with van der Waals surface area (Å²) >= 11 is 0. The Labute approximate surface area is 249 Å². The van der Waals surface area contributed by atoms with E-state index in [1.54, 1.807) is 13.0 Å². The zero-order valence-electron chi connectivity index (χ0n) is 25.1. The van der Waals surface area contributed by atoms with Crippen molar-refractivity contribution in [1.82, 2.24) is 14.5 Å². The molecule has 0 N–H and O–H groups in total. The lowest BCUT2D eigenvalue weighted by molar-refractivity contribution is -0.142. The van der Waals surface area contributed by atoms with Gasteiger partial charge in [-0.05, 0) is 75.8 Å². The summed E-state index contributed by atoms with van der Waals surface area (Å²) in [5.74, 6) is 1.49. The summed E-state index contributed by atoms with van der Waals surface area (Å²) < 4.78 is 7.14. The number of rotatable bonds is 10. The zero-order valence-corrected chi connectivity index (χ0v) is 25.1. The number of carbonyl (C=O) groups is 1. The molecule has 2 aliphatic carbocycles. The first-order chi connectivity index (χ1) is 20.6. The van der Waals surface area contributed by atoms with Crippen LogP contribution < -0.4 is 5.56 Å². The maximum absolute atomic E-state index is 14.4. The van der Waals surface area contributed by atoms with Gasteiger partial charge in [0.1, 0.15) is 12.3 Å². The predicted molar refractivity (Wildman–Crippen MR) is 165 cm³/mol. The lowest BCUT2D eigenvalue weighted by Gasteiger charge is -2.55. The molecule has 0 spiro atoms. The highest BCUT2D eigenvalue weighted by Gasteiger charge is 2.45. The van der Waals surface area contributed by atoms with Gasteiger partial charge in [-0.2, -0.15) is 0 Å². The number of hydrogen-bond donors (Lipinski definition) is 0. The number of fused-ring (bicyclic) bond motifs is 5. The first kappa shape index (κ1) is 29.1. The van der Waals surface area contributed by atoms with E-state index in [-0.39, 0.29) is 42.7 Å². The van der Waals surface area contributed by atoms with Crippen LogP contribution >= 0.6 is 0 Å². The molecule has 4 bridgehead atoms. The predicted octanol–water partition coefficient (Wildman–Crippen LogP) is 6.17. The Morgan fingerprint density at radius 3 is 2.40 bits per heavy atom. The summed E-state index contributed by atoms with van der Waals surface area (Å²) in [4.78, 5) is 39.8. The third-order valence-electron chi connectivity index (χ3n) is 10.2. The van der Waals surface area contributed by atoms with Crippen LogP contribution in [0.3, 0.4) is 0 Å². The van der Waals surface area contributed by atoms with E-state index in [2.05, 4.69) is 16.6 Å². The van der Waals surface area contributed by atoms with E-state index in [0.29, 0.717) is 30.4 Å². The summed E-state index contributed by atoms with van der Waals surface area (Å²) in [6.45, 7) is 5.99. The number of ether oxygens (including phenoxy) is 1. The van der Waals surface area contributed by atoms with Crippen LogP contribution in [0.5, 0.6) is 0 Å². The van der Waals surface area contributed by atoms with Crippen molar-refractivity contribution in [1.29, 1.82) is 0 Å². The van der Waals surface area contributed by atoms with Crippen LogP contribution in [-0.4, -0.2) is 57.5 Å². The van der Waals surface area contributed by atoms with Crippen LogP contribution in [0.4, 0.5) is 0 Å². The standard InChI is InChI=1S/C34H46N4O4/c1-3-17-42-36-30(15-16-32(39)41-4-2)33-34(40)38(31-14-6-5-13-29(31)35-33)28-21-25-11-8-12-26(22-28)37(25)27-19-23-9-7-10-24(18-23)20-27/h3,5-6,13-14,23-28H,1,4,7-12,15-22H2,2H3/t23-,24?,25+,26?,27?,28?/m0/s1. The van der Waals surface area contributed by atoms with Gasteiger partial charge in [-0.1, -0.05) is 55.6 Å². The molecule has 0 radical (unpaired) electrons. The average molecular weight is 575 g/mol. The summed E-state index contributed by atoms with van der Waals surface area (Å²) in [6.07, 6.45) is 16.0. The van der Waals surface area contributed by atoms with Gasteiger partial charge >= 0.3 is 5.97 Å². The van der Waals surface area contributed by atoms with Crippen molar-refractivity contribution in [3.63, 3.8) is 0 Å². The van der Waals surface area contributed by atoms with Crippen LogP contribution in [0.15, 0.2) is 46.9 Å². The normalized spacial score (nSPS) is 29.7. The Kier molecular flexibility index (Phi) is 9.08. The van der Waals surface area contributed by atoms with Crippen molar-refractivity contribution in [2.75, 3.05) is 13.2 Å². The molecule has 0 amide bonds. The third kappa shape index (κ3) is 6.05. The van der Waals surface area contributed by atoms with Gasteiger partial charge in [0.2, 0.25) is 0 Å². The van der Waals surface area contributed by atoms with E-state index in [4.69, 9.17) is 14.6 Å². The van der Waals surface area contributed by atoms with Crippen molar-refractivity contribution >= 4 is 22.7 Å². The second kappa shape index (κ2) is 13.1. The molecule has 1 aromatic carbocycles. The first-order valence-electron chi connectivity index (χ1n) is 16.3. The molecule has 2 saturated heterocycles. The van der Waals surface area contributed by atoms with Gasteiger partial charge in [0.05, 0.1) is 24.1 Å². The number of esters is 1. The van der Waals surface area contributed by atoms with Gasteiger partial charge in [-0.25, -0.2) is 4.98 Å². The molecular formula is C34H46N4O4. The molecule has 4 unspecified atom stereocenters. The molecular weight excluding hydrogens is 528 g/mol. The van der Waals surface area contributed by atoms with Crippen LogP contribution in [0, 0.1) is 11.8 Å². The first-order valence-corrected chi connectivity index (χ1v) is 16.3. The maximum Gasteiger partial charge on any atom is 0.306 e. The molecule has 3 heterocycles. The number of benzene rings is 1. The lowest BCUT2D eigenvalue weighted by Crippen LogP contribution is -2.58. The second-order valence-electron chi connectivity index (χ2n) is 12.9. The van der Waals surface area contributed by atoms with Gasteiger partial charge in [0.25, 0.3) is 5.56 Å². The monoisotopic (exact) mass is 574 g/mol. The Morgan fingerprint density at radius 2 is 1.69 bits per heavy atom. The number of carbonyl (C=O) groups excluding carboxylic acids is 1. The van der Waals surface area contributed by atoms with E-state index >= 15 is 0 Å². The zero-order chi connectivity index (χ0) is 29.1. The summed E-state index contributed by atoms with van der Waals surface area (Å²) in [6, 6.07) is 9.74. The van der Waals surface area contributed by atoms with E-state index in [0.717, 1.165) is 35.7 Å². The van der Waals surface area contributed by atoms with Crippen LogP contribution in [0.2, 0.25) is 0 Å². The molecule has 4 aliphatic rings. The van der Waals surface area contributed by atoms with Crippen molar-refractivity contribution < 1.29 is 14.4 Å². The van der Waals surface area contributed by atoms with E-state index in [1.807, 2.05) is 28.8 Å². The van der Waals surface area contributed by atoms with Crippen LogP contribution in [0.25, 0.3) is 11.0 Å². The molecule has 2 aliphatic heterocycles. The molecule has 226 valence electrons. The van der Waals surface area contributed by atoms with Crippen LogP contribution in [0.1, 0.15) is 102 Å². The largest absolute Gasteiger partial charge is 0.466 e. The van der Waals surface area contributed by atoms with Gasteiger partial charge in [0.15, 0.2) is 5.69 Å². The maximum atomic E-state index is 14.4. The molecule has 2 saturated carbocycles. The average Bonchev–Trinajstić information content (AvgIpc) is 2.98. The highest BCUT2D eigenvalue weighted by molar-refractivity contribution is 6.00. The van der Waals surface area contributed by atoms with Gasteiger partial charge in [-0.3, -0.25) is 14.5 Å². The second-order valence-corrected chi connectivity index (χ2v) is 12.9. The Bertz CT molecular complexity index is 1340. The number of para-hydroxylation sites is 2. The molecule has 2 aromatic rings. The van der Waals surface area contributed by atoms with Crippen molar-refractivity contribution in [2.24, 2.45) is 17.0 Å². The molecule has 42 heavy (non-hydrogen) atoms. The fourth-order valence-corrected chi connectivity index (χ4v) is 8.67. The third-order valence-corrected chi connectivity index (χ3v) is 10.2. The molecule has 6 rings (SSSR count). The molecule has 8 heteroatoms. The number of oxime groups is 1. The highest BCUT2D eigenvalue weighted by Crippen LogP contribution is 2.47. The Balaban J connectivity index is 1.33. The molecule has 6 atom stereocenters. The molecule has 1 aromatic heterocycles. The van der Waals surface area contributed by atoms with E-state index in [9.17, 15) is 9.59 Å². The minimum Gasteiger partial charge on any atom is -0.466 e. The van der Waals surface area contributed by atoms with Crippen molar-refractivity contribution in [3.05, 3.63) is 53.0 Å². The number of nitrogens with zero attached hydrogens (tertiary/aromatic N) is 4. The van der Waals surface area contributed by atoms with Gasteiger partial charge in [-0.15, -0.1) is 0 Å². The van der Waals surface area contributed by atoms with Gasteiger partial charge < -0.3 is 14.1 Å². The lowest BCUT2D eigenvalue weighted by atomic mass is 9.68. The summed E-state index contributed by atoms with van der Waals surface area (Å²) in [7, 11) is 0. The van der Waals surface area contributed by atoms with Crippen molar-refractivity contribution in [3.8, 4) is 0 Å². The topological polar surface area (TPSA) is 86.0 Å². The van der Waals surface area contributed by atoms with Gasteiger partial charge in [0, 0.05) is 30.6 Å². The fraction of sp³-hybridized carbons (Fsp3) is 0.647. The van der Waals surface area contributed by atoms with Crippen molar-refractivity contribution in [2.45, 2.75) is 115 Å². The van der Waals surface area contributed by atoms with Crippen LogP contribution in [-0.2, 0) is 14.4 Å². The van der Waals surface area contributed by atoms with E-state index < -0.39 is 0 Å². The molecule has 4 fully saturated rings. The minimum absolute atomic E-state index is 0.0965. The smallest absolute Gasteiger partial charge is 0.306 e. The minimum atomic E-state index is -0.331. The summed E-state index contributed by atoms with van der Waals surface area (Å²) in [5, 5.41) is 4.28. The fourth-order valence-electron chi connectivity index (χ4n) is 8.67. The Morgan fingerprint density at radius 1 is 0.976 bits per heavy atom.